The van der Waals surface area contributed by atoms with E-state index in [9.17, 15) is 15.3 Å². The van der Waals surface area contributed by atoms with Crippen LogP contribution in [0, 0.1) is 0 Å². The van der Waals surface area contributed by atoms with Gasteiger partial charge in [0.25, 0.3) is 0 Å². The van der Waals surface area contributed by atoms with Crippen molar-refractivity contribution in [3.8, 4) is 0 Å². The molecular weight excluding hydrogens is 176 g/mol. The van der Waals surface area contributed by atoms with Gasteiger partial charge >= 0.3 is 0 Å². The molecule has 0 saturated heterocycles. The summed E-state index contributed by atoms with van der Waals surface area (Å²) >= 11 is 0. The van der Waals surface area contributed by atoms with E-state index < -0.39 is 31.0 Å². The van der Waals surface area contributed by atoms with Crippen molar-refractivity contribution in [1.29, 1.82) is 0 Å². The van der Waals surface area contributed by atoms with E-state index in [1.165, 1.54) is 7.11 Å². The van der Waals surface area contributed by atoms with Gasteiger partial charge in [0.15, 0.2) is 0 Å². The summed E-state index contributed by atoms with van der Waals surface area (Å²) in [7, 11) is 1.31. The van der Waals surface area contributed by atoms with E-state index in [0.29, 0.717) is 6.42 Å². The molecule has 80 valence electrons. The molecule has 0 saturated carbocycles. The minimum Gasteiger partial charge on any atom is -0.394 e. The van der Waals surface area contributed by atoms with E-state index >= 15 is 0 Å². The third-order valence-corrected chi connectivity index (χ3v) is 2.03. The van der Waals surface area contributed by atoms with Crippen LogP contribution < -0.4 is 0 Å². The zero-order valence-corrected chi connectivity index (χ0v) is 7.92. The summed E-state index contributed by atoms with van der Waals surface area (Å²) in [4.78, 5) is 0. The number of hydrogen-bond donors (Lipinski definition) is 4. The van der Waals surface area contributed by atoms with E-state index in [0.717, 1.165) is 0 Å². The smallest absolute Gasteiger partial charge is 0.111 e. The molecule has 0 aliphatic carbocycles. The van der Waals surface area contributed by atoms with Crippen LogP contribution in [0.1, 0.15) is 13.3 Å². The summed E-state index contributed by atoms with van der Waals surface area (Å²) in [5, 5.41) is 36.6. The summed E-state index contributed by atoms with van der Waals surface area (Å²) in [6.07, 6.45) is -4.09. The van der Waals surface area contributed by atoms with Crippen molar-refractivity contribution in [3.05, 3.63) is 0 Å². The third-order valence-electron chi connectivity index (χ3n) is 2.03. The van der Waals surface area contributed by atoms with Gasteiger partial charge in [-0.3, -0.25) is 0 Å². The summed E-state index contributed by atoms with van der Waals surface area (Å²) < 4.78 is 4.71. The van der Waals surface area contributed by atoms with Crippen LogP contribution in [0.15, 0.2) is 0 Å². The highest BCUT2D eigenvalue weighted by atomic mass is 16.5. The summed E-state index contributed by atoms with van der Waals surface area (Å²) in [5.74, 6) is 0. The Balaban J connectivity index is 4.13. The molecule has 4 atom stereocenters. The molecule has 0 aromatic carbocycles. The predicted molar refractivity (Wildman–Crippen MR) is 46.2 cm³/mol. The number of ether oxygens (including phenoxy) is 1. The van der Waals surface area contributed by atoms with Gasteiger partial charge in [-0.05, 0) is 6.42 Å². The lowest BCUT2D eigenvalue weighted by molar-refractivity contribution is -0.125. The standard InChI is InChI=1S/C8H18O5/c1-3-5(10)7(11)8(12)6(4-9)13-2/h5-12H,3-4H2,1-2H3. The van der Waals surface area contributed by atoms with Crippen molar-refractivity contribution in [2.45, 2.75) is 37.8 Å². The zero-order valence-electron chi connectivity index (χ0n) is 7.92. The molecule has 0 radical (unpaired) electrons. The van der Waals surface area contributed by atoms with Crippen LogP contribution in [-0.4, -0.2) is 58.6 Å². The van der Waals surface area contributed by atoms with Gasteiger partial charge in [0.1, 0.15) is 18.3 Å². The molecule has 0 aromatic heterocycles. The maximum Gasteiger partial charge on any atom is 0.111 e. The average molecular weight is 194 g/mol. The van der Waals surface area contributed by atoms with Crippen molar-refractivity contribution in [2.75, 3.05) is 13.7 Å². The molecule has 13 heavy (non-hydrogen) atoms. The van der Waals surface area contributed by atoms with Crippen LogP contribution in [0.4, 0.5) is 0 Å². The van der Waals surface area contributed by atoms with Crippen molar-refractivity contribution >= 4 is 0 Å². The Morgan fingerprint density at radius 3 is 2.00 bits per heavy atom. The first-order chi connectivity index (χ1) is 6.08. The van der Waals surface area contributed by atoms with Gasteiger partial charge in [-0.15, -0.1) is 0 Å². The highest BCUT2D eigenvalue weighted by Crippen LogP contribution is 2.09. The van der Waals surface area contributed by atoms with E-state index in [1.54, 1.807) is 6.92 Å². The normalized spacial score (nSPS) is 20.8. The first-order valence-electron chi connectivity index (χ1n) is 4.26. The number of rotatable bonds is 6. The van der Waals surface area contributed by atoms with E-state index in [1.807, 2.05) is 0 Å². The van der Waals surface area contributed by atoms with Crippen molar-refractivity contribution in [2.24, 2.45) is 0 Å². The molecule has 4 unspecified atom stereocenters. The minimum absolute atomic E-state index is 0.333. The van der Waals surface area contributed by atoms with E-state index in [-0.39, 0.29) is 0 Å². The summed E-state index contributed by atoms with van der Waals surface area (Å²) in [6.45, 7) is 1.28. The van der Waals surface area contributed by atoms with Crippen LogP contribution >= 0.6 is 0 Å². The van der Waals surface area contributed by atoms with Crippen molar-refractivity contribution in [3.63, 3.8) is 0 Å². The Morgan fingerprint density at radius 2 is 1.69 bits per heavy atom. The Kier molecular flexibility index (Phi) is 6.19. The lowest BCUT2D eigenvalue weighted by atomic mass is 10.0. The second-order valence-electron chi connectivity index (χ2n) is 2.91. The number of aliphatic hydroxyl groups excluding tert-OH is 4. The number of hydrogen-bond acceptors (Lipinski definition) is 5. The molecular formula is C8H18O5. The van der Waals surface area contributed by atoms with Crippen LogP contribution in [0.5, 0.6) is 0 Å². The van der Waals surface area contributed by atoms with Gasteiger partial charge in [0.2, 0.25) is 0 Å². The summed E-state index contributed by atoms with van der Waals surface area (Å²) in [5.41, 5.74) is 0. The molecule has 0 aliphatic heterocycles. The summed E-state index contributed by atoms with van der Waals surface area (Å²) in [6, 6.07) is 0. The second-order valence-corrected chi connectivity index (χ2v) is 2.91. The zero-order chi connectivity index (χ0) is 10.4. The molecule has 4 N–H and O–H groups in total. The highest BCUT2D eigenvalue weighted by Gasteiger charge is 2.29. The Morgan fingerprint density at radius 1 is 1.15 bits per heavy atom. The maximum absolute atomic E-state index is 9.38. The lowest BCUT2D eigenvalue weighted by Gasteiger charge is -2.26. The molecule has 0 bridgehead atoms. The molecule has 0 heterocycles. The SMILES string of the molecule is CCC(O)C(O)C(O)C(CO)OC. The van der Waals surface area contributed by atoms with Crippen LogP contribution in [0.2, 0.25) is 0 Å². The predicted octanol–water partition coefficient (Wildman–Crippen LogP) is -1.51. The van der Waals surface area contributed by atoms with Crippen molar-refractivity contribution in [1.82, 2.24) is 0 Å². The Labute approximate surface area is 77.6 Å². The molecule has 0 spiro atoms. The molecule has 5 nitrogen and oxygen atoms in total. The quantitative estimate of drug-likeness (QED) is 0.412. The highest BCUT2D eigenvalue weighted by molar-refractivity contribution is 4.80. The van der Waals surface area contributed by atoms with Gasteiger partial charge in [-0.1, -0.05) is 6.92 Å². The maximum atomic E-state index is 9.38. The van der Waals surface area contributed by atoms with E-state index in [4.69, 9.17) is 9.84 Å². The molecule has 0 amide bonds. The molecule has 0 rings (SSSR count). The Hall–Kier alpha value is -0.200. The van der Waals surface area contributed by atoms with E-state index in [2.05, 4.69) is 0 Å². The fourth-order valence-corrected chi connectivity index (χ4v) is 1.01. The van der Waals surface area contributed by atoms with Gasteiger partial charge < -0.3 is 25.2 Å². The first kappa shape index (κ1) is 12.8. The van der Waals surface area contributed by atoms with Crippen LogP contribution in [-0.2, 0) is 4.74 Å². The van der Waals surface area contributed by atoms with Crippen LogP contribution in [0.25, 0.3) is 0 Å². The number of aliphatic hydroxyl groups is 4. The average Bonchev–Trinajstić information content (AvgIpc) is 2.17. The third kappa shape index (κ3) is 3.58. The molecule has 0 aromatic rings. The van der Waals surface area contributed by atoms with Gasteiger partial charge in [-0.25, -0.2) is 0 Å². The second kappa shape index (κ2) is 6.28. The Bertz CT molecular complexity index is 126. The van der Waals surface area contributed by atoms with Crippen molar-refractivity contribution < 1.29 is 25.2 Å². The molecule has 0 aliphatic rings. The molecule has 0 fully saturated rings. The number of methoxy groups -OCH3 is 1. The topological polar surface area (TPSA) is 90.2 Å². The minimum atomic E-state index is -1.29. The fraction of sp³-hybridized carbons (Fsp3) is 1.00. The van der Waals surface area contributed by atoms with Gasteiger partial charge in [0.05, 0.1) is 12.7 Å². The largest absolute Gasteiger partial charge is 0.394 e. The van der Waals surface area contributed by atoms with Crippen LogP contribution in [0.3, 0.4) is 0 Å². The van der Waals surface area contributed by atoms with Gasteiger partial charge in [-0.2, -0.15) is 0 Å². The monoisotopic (exact) mass is 194 g/mol. The lowest BCUT2D eigenvalue weighted by Crippen LogP contribution is -2.46. The fourth-order valence-electron chi connectivity index (χ4n) is 1.01. The molecule has 5 heteroatoms. The first-order valence-corrected chi connectivity index (χ1v) is 4.26. The van der Waals surface area contributed by atoms with Gasteiger partial charge in [0, 0.05) is 7.11 Å².